The number of hydrogen-bond donors (Lipinski definition) is 0. The van der Waals surface area contributed by atoms with E-state index in [0.717, 1.165) is 5.92 Å². The van der Waals surface area contributed by atoms with Crippen molar-refractivity contribution >= 4 is 0 Å². The van der Waals surface area contributed by atoms with Gasteiger partial charge in [0, 0.05) is 0 Å². The Morgan fingerprint density at radius 2 is 2.00 bits per heavy atom. The van der Waals surface area contributed by atoms with Crippen LogP contribution in [-0.4, -0.2) is 0 Å². The lowest BCUT2D eigenvalue weighted by atomic mass is 9.90. The molecule has 0 nitrogen and oxygen atoms in total. The predicted molar refractivity (Wildman–Crippen MR) is 50.5 cm³/mol. The van der Waals surface area contributed by atoms with Gasteiger partial charge in [-0.1, -0.05) is 32.1 Å². The lowest BCUT2D eigenvalue weighted by molar-refractivity contribution is 0.578. The third kappa shape index (κ3) is 2.21. The van der Waals surface area contributed by atoms with Crippen LogP contribution in [0.25, 0.3) is 0 Å². The van der Waals surface area contributed by atoms with E-state index in [1.165, 1.54) is 25.7 Å². The van der Waals surface area contributed by atoms with Crippen LogP contribution in [0.4, 0.5) is 0 Å². The van der Waals surface area contributed by atoms with E-state index < -0.39 is 0 Å². The monoisotopic (exact) mass is 150 g/mol. The van der Waals surface area contributed by atoms with Crippen LogP contribution in [0.3, 0.4) is 0 Å². The van der Waals surface area contributed by atoms with Crippen LogP contribution < -0.4 is 0 Å². The minimum atomic E-state index is 0.812. The summed E-state index contributed by atoms with van der Waals surface area (Å²) in [5, 5.41) is 0. The quantitative estimate of drug-likeness (QED) is 0.575. The Kier molecular flexibility index (Phi) is 3.41. The summed E-state index contributed by atoms with van der Waals surface area (Å²) in [4.78, 5) is 0. The summed E-state index contributed by atoms with van der Waals surface area (Å²) < 4.78 is 0. The van der Waals surface area contributed by atoms with Gasteiger partial charge in [0.2, 0.25) is 0 Å². The second-order valence-electron chi connectivity index (χ2n) is 3.20. The van der Waals surface area contributed by atoms with Crippen LogP contribution in [0.1, 0.15) is 39.5 Å². The minimum Gasteiger partial charge on any atom is -0.0840 e. The molecule has 0 bridgehead atoms. The highest BCUT2D eigenvalue weighted by molar-refractivity contribution is 5.24. The first-order valence-electron chi connectivity index (χ1n) is 4.75. The van der Waals surface area contributed by atoms with Crippen molar-refractivity contribution in [3.05, 3.63) is 23.8 Å². The first kappa shape index (κ1) is 8.58. The molecule has 0 saturated carbocycles. The van der Waals surface area contributed by atoms with E-state index in [9.17, 15) is 0 Å². The average Bonchev–Trinajstić information content (AvgIpc) is 2.09. The molecule has 0 saturated heterocycles. The van der Waals surface area contributed by atoms with Gasteiger partial charge >= 0.3 is 0 Å². The van der Waals surface area contributed by atoms with Gasteiger partial charge in [-0.15, -0.1) is 0 Å². The molecule has 1 rings (SSSR count). The standard InChI is InChI=1S/C11H18/c1-3-10(4-2)11-8-6-5-7-9-11/h6,8-10H,3-5,7H2,1-2H3. The van der Waals surface area contributed by atoms with Gasteiger partial charge in [-0.2, -0.15) is 0 Å². The van der Waals surface area contributed by atoms with Crippen molar-refractivity contribution in [1.82, 2.24) is 0 Å². The van der Waals surface area contributed by atoms with E-state index in [4.69, 9.17) is 0 Å². The molecule has 0 aliphatic heterocycles. The molecular weight excluding hydrogens is 132 g/mol. The largest absolute Gasteiger partial charge is 0.0840 e. The van der Waals surface area contributed by atoms with E-state index in [-0.39, 0.29) is 0 Å². The topological polar surface area (TPSA) is 0 Å². The second kappa shape index (κ2) is 4.38. The van der Waals surface area contributed by atoms with Crippen molar-refractivity contribution in [2.75, 3.05) is 0 Å². The molecule has 0 fully saturated rings. The smallest absolute Gasteiger partial charge is 0.0170 e. The summed E-state index contributed by atoms with van der Waals surface area (Å²) in [7, 11) is 0. The highest BCUT2D eigenvalue weighted by atomic mass is 14.1. The van der Waals surface area contributed by atoms with E-state index in [2.05, 4.69) is 32.1 Å². The van der Waals surface area contributed by atoms with Crippen LogP contribution in [0.2, 0.25) is 0 Å². The Balaban J connectivity index is 2.56. The van der Waals surface area contributed by atoms with Gasteiger partial charge < -0.3 is 0 Å². The van der Waals surface area contributed by atoms with Crippen LogP contribution >= 0.6 is 0 Å². The second-order valence-corrected chi connectivity index (χ2v) is 3.20. The molecule has 0 radical (unpaired) electrons. The van der Waals surface area contributed by atoms with Crippen molar-refractivity contribution in [1.29, 1.82) is 0 Å². The summed E-state index contributed by atoms with van der Waals surface area (Å²) in [5.74, 6) is 0.812. The lowest BCUT2D eigenvalue weighted by Gasteiger charge is -2.15. The van der Waals surface area contributed by atoms with Crippen molar-refractivity contribution < 1.29 is 0 Å². The van der Waals surface area contributed by atoms with Gasteiger partial charge in [0.15, 0.2) is 0 Å². The Morgan fingerprint density at radius 3 is 2.45 bits per heavy atom. The van der Waals surface area contributed by atoms with Gasteiger partial charge in [0.05, 0.1) is 0 Å². The first-order valence-corrected chi connectivity index (χ1v) is 4.75. The maximum Gasteiger partial charge on any atom is -0.0170 e. The molecule has 0 aromatic heterocycles. The van der Waals surface area contributed by atoms with Gasteiger partial charge in [0.1, 0.15) is 0 Å². The summed E-state index contributed by atoms with van der Waals surface area (Å²) in [5.41, 5.74) is 1.57. The van der Waals surface area contributed by atoms with Crippen LogP contribution in [-0.2, 0) is 0 Å². The average molecular weight is 150 g/mol. The molecule has 0 unspecified atom stereocenters. The Bertz CT molecular complexity index is 159. The zero-order valence-corrected chi connectivity index (χ0v) is 7.64. The molecule has 0 aromatic rings. The molecule has 0 heterocycles. The summed E-state index contributed by atoms with van der Waals surface area (Å²) >= 11 is 0. The first-order chi connectivity index (χ1) is 5.38. The Labute approximate surface area is 70.0 Å². The molecule has 1 aliphatic rings. The van der Waals surface area contributed by atoms with Crippen molar-refractivity contribution in [2.45, 2.75) is 39.5 Å². The van der Waals surface area contributed by atoms with E-state index in [0.29, 0.717) is 0 Å². The van der Waals surface area contributed by atoms with E-state index in [1.54, 1.807) is 5.57 Å². The minimum absolute atomic E-state index is 0.812. The van der Waals surface area contributed by atoms with Gasteiger partial charge in [0.25, 0.3) is 0 Å². The van der Waals surface area contributed by atoms with Crippen molar-refractivity contribution in [2.24, 2.45) is 5.92 Å². The fourth-order valence-electron chi connectivity index (χ4n) is 1.70. The summed E-state index contributed by atoms with van der Waals surface area (Å²) in [6, 6.07) is 0. The normalized spacial score (nSPS) is 17.2. The predicted octanol–water partition coefficient (Wildman–Crippen LogP) is 3.70. The maximum absolute atomic E-state index is 2.40. The highest BCUT2D eigenvalue weighted by Crippen LogP contribution is 2.23. The maximum atomic E-state index is 2.40. The number of hydrogen-bond acceptors (Lipinski definition) is 0. The van der Waals surface area contributed by atoms with E-state index >= 15 is 0 Å². The molecule has 0 aromatic carbocycles. The third-order valence-electron chi connectivity index (χ3n) is 2.48. The number of allylic oxidation sites excluding steroid dienone is 4. The van der Waals surface area contributed by atoms with Crippen molar-refractivity contribution in [3.8, 4) is 0 Å². The van der Waals surface area contributed by atoms with Gasteiger partial charge in [-0.3, -0.25) is 0 Å². The SMILES string of the molecule is CCC(CC)C1=CCCC=C1. The molecule has 62 valence electrons. The van der Waals surface area contributed by atoms with Crippen molar-refractivity contribution in [3.63, 3.8) is 0 Å². The number of rotatable bonds is 3. The zero-order chi connectivity index (χ0) is 8.10. The molecule has 0 spiro atoms. The molecule has 0 heteroatoms. The van der Waals surface area contributed by atoms with Crippen LogP contribution in [0.15, 0.2) is 23.8 Å². The highest BCUT2D eigenvalue weighted by Gasteiger charge is 2.07. The zero-order valence-electron chi connectivity index (χ0n) is 7.64. The summed E-state index contributed by atoms with van der Waals surface area (Å²) in [6.45, 7) is 4.55. The molecule has 1 aliphatic carbocycles. The molecule has 0 N–H and O–H groups in total. The lowest BCUT2D eigenvalue weighted by Crippen LogP contribution is -2.00. The fourth-order valence-corrected chi connectivity index (χ4v) is 1.70. The molecule has 0 atom stereocenters. The molecule has 0 amide bonds. The van der Waals surface area contributed by atoms with Crippen LogP contribution in [0, 0.1) is 5.92 Å². The Morgan fingerprint density at radius 1 is 1.27 bits per heavy atom. The third-order valence-corrected chi connectivity index (χ3v) is 2.48. The fraction of sp³-hybridized carbons (Fsp3) is 0.636. The van der Waals surface area contributed by atoms with Gasteiger partial charge in [-0.25, -0.2) is 0 Å². The Hall–Kier alpha value is -0.520. The summed E-state index contributed by atoms with van der Waals surface area (Å²) in [6.07, 6.45) is 12.1. The van der Waals surface area contributed by atoms with Crippen LogP contribution in [0.5, 0.6) is 0 Å². The molecule has 11 heavy (non-hydrogen) atoms. The van der Waals surface area contributed by atoms with Gasteiger partial charge in [-0.05, 0) is 37.2 Å². The molecular formula is C11H18. The van der Waals surface area contributed by atoms with E-state index in [1.807, 2.05) is 0 Å².